The van der Waals surface area contributed by atoms with Gasteiger partial charge in [-0.1, -0.05) is 44.2 Å². The number of ether oxygens (including phenoxy) is 3. The zero-order valence-electron chi connectivity index (χ0n) is 14.6. The van der Waals surface area contributed by atoms with Crippen molar-refractivity contribution < 1.29 is 23.8 Å². The molecule has 1 heterocycles. The second kappa shape index (κ2) is 8.83. The first-order valence-corrected chi connectivity index (χ1v) is 8.49. The largest absolute Gasteiger partial charge is 0.465 e. The minimum absolute atomic E-state index is 0.0482. The van der Waals surface area contributed by atoms with Crippen molar-refractivity contribution in [2.45, 2.75) is 45.8 Å². The van der Waals surface area contributed by atoms with Crippen molar-refractivity contribution >= 4 is 11.9 Å². The van der Waals surface area contributed by atoms with E-state index in [1.54, 1.807) is 6.92 Å². The summed E-state index contributed by atoms with van der Waals surface area (Å²) < 4.78 is 16.7. The summed E-state index contributed by atoms with van der Waals surface area (Å²) in [6.07, 6.45) is -0.465. The summed E-state index contributed by atoms with van der Waals surface area (Å²) in [5.41, 5.74) is 1.02. The number of carbonyl (C=O) groups excluding carboxylic acids is 2. The van der Waals surface area contributed by atoms with Crippen molar-refractivity contribution in [3.63, 3.8) is 0 Å². The maximum atomic E-state index is 12.6. The molecule has 24 heavy (non-hydrogen) atoms. The summed E-state index contributed by atoms with van der Waals surface area (Å²) in [5.74, 6) is -0.896. The van der Waals surface area contributed by atoms with Gasteiger partial charge in [-0.15, -0.1) is 0 Å². The summed E-state index contributed by atoms with van der Waals surface area (Å²) in [6.45, 7) is 6.39. The molecule has 1 fully saturated rings. The number of rotatable bonds is 5. The molecule has 0 amide bonds. The molecule has 5 heteroatoms. The van der Waals surface area contributed by atoms with Gasteiger partial charge in [0.25, 0.3) is 0 Å². The van der Waals surface area contributed by atoms with E-state index < -0.39 is 18.1 Å². The summed E-state index contributed by atoms with van der Waals surface area (Å²) in [5, 5.41) is 0. The average molecular weight is 334 g/mol. The van der Waals surface area contributed by atoms with Crippen molar-refractivity contribution in [2.75, 3.05) is 13.2 Å². The van der Waals surface area contributed by atoms with Gasteiger partial charge in [0, 0.05) is 6.61 Å². The molecule has 0 aliphatic carbocycles. The SMILES string of the molecule is CC(C)CO[C@@H]1C(Cc2ccccc2)C(=O)OCCC(=O)O[C@H]1C. The van der Waals surface area contributed by atoms with Gasteiger partial charge in [0.05, 0.1) is 12.3 Å². The summed E-state index contributed by atoms with van der Waals surface area (Å²) in [7, 11) is 0. The number of benzene rings is 1. The Labute approximate surface area is 143 Å². The van der Waals surface area contributed by atoms with Gasteiger partial charge >= 0.3 is 11.9 Å². The van der Waals surface area contributed by atoms with Gasteiger partial charge in [-0.2, -0.15) is 0 Å². The maximum absolute atomic E-state index is 12.6. The normalized spacial score (nSPS) is 25.4. The van der Waals surface area contributed by atoms with E-state index >= 15 is 0 Å². The highest BCUT2D eigenvalue weighted by atomic mass is 16.6. The van der Waals surface area contributed by atoms with E-state index in [1.165, 1.54) is 0 Å². The van der Waals surface area contributed by atoms with Crippen LogP contribution in [0.4, 0.5) is 0 Å². The standard InChI is InChI=1S/C19H26O5/c1-13(2)12-23-18-14(3)24-17(20)9-10-22-19(21)16(18)11-15-7-5-4-6-8-15/h4-8,13-14,16,18H,9-12H2,1-3H3/t14-,16?,18-/m0/s1. The molecule has 1 aromatic rings. The monoisotopic (exact) mass is 334 g/mol. The Balaban J connectivity index is 2.24. The second-order valence-corrected chi connectivity index (χ2v) is 6.60. The molecule has 0 radical (unpaired) electrons. The molecule has 132 valence electrons. The van der Waals surface area contributed by atoms with Gasteiger partial charge in [0.1, 0.15) is 18.8 Å². The van der Waals surface area contributed by atoms with Crippen LogP contribution < -0.4 is 0 Å². The summed E-state index contributed by atoms with van der Waals surface area (Å²) in [4.78, 5) is 24.3. The molecule has 0 spiro atoms. The van der Waals surface area contributed by atoms with Crippen LogP contribution in [0.25, 0.3) is 0 Å². The number of cyclic esters (lactones) is 2. The van der Waals surface area contributed by atoms with E-state index in [4.69, 9.17) is 14.2 Å². The van der Waals surface area contributed by atoms with Crippen molar-refractivity contribution in [1.29, 1.82) is 0 Å². The van der Waals surface area contributed by atoms with Crippen LogP contribution in [0, 0.1) is 11.8 Å². The molecule has 1 aromatic carbocycles. The van der Waals surface area contributed by atoms with E-state index in [0.717, 1.165) is 5.56 Å². The lowest BCUT2D eigenvalue weighted by atomic mass is 9.91. The van der Waals surface area contributed by atoms with E-state index in [-0.39, 0.29) is 25.0 Å². The van der Waals surface area contributed by atoms with Crippen LogP contribution >= 0.6 is 0 Å². The Morgan fingerprint density at radius 1 is 1.21 bits per heavy atom. The lowest BCUT2D eigenvalue weighted by molar-refractivity contribution is -0.164. The smallest absolute Gasteiger partial charge is 0.312 e. The second-order valence-electron chi connectivity index (χ2n) is 6.60. The van der Waals surface area contributed by atoms with Gasteiger partial charge in [-0.3, -0.25) is 9.59 Å². The van der Waals surface area contributed by atoms with Gasteiger partial charge in [0.15, 0.2) is 0 Å². The molecular weight excluding hydrogens is 308 g/mol. The van der Waals surface area contributed by atoms with E-state index in [9.17, 15) is 9.59 Å². The Morgan fingerprint density at radius 3 is 2.58 bits per heavy atom. The third kappa shape index (κ3) is 5.34. The Kier molecular flexibility index (Phi) is 6.79. The minimum Gasteiger partial charge on any atom is -0.465 e. The first kappa shape index (κ1) is 18.5. The topological polar surface area (TPSA) is 61.8 Å². The zero-order chi connectivity index (χ0) is 17.5. The predicted octanol–water partition coefficient (Wildman–Crippen LogP) is 2.77. The van der Waals surface area contributed by atoms with Crippen molar-refractivity contribution in [3.8, 4) is 0 Å². The lowest BCUT2D eigenvalue weighted by Gasteiger charge is -2.30. The molecule has 0 saturated carbocycles. The molecule has 0 aromatic heterocycles. The maximum Gasteiger partial charge on any atom is 0.312 e. The molecule has 3 atom stereocenters. The number of carbonyl (C=O) groups is 2. The first-order valence-electron chi connectivity index (χ1n) is 8.49. The first-order chi connectivity index (χ1) is 11.5. The average Bonchev–Trinajstić information content (AvgIpc) is 2.58. The quantitative estimate of drug-likeness (QED) is 0.775. The highest BCUT2D eigenvalue weighted by Crippen LogP contribution is 2.24. The van der Waals surface area contributed by atoms with Crippen molar-refractivity contribution in [1.82, 2.24) is 0 Å². The minimum atomic E-state index is -0.526. The number of esters is 2. The third-order valence-electron chi connectivity index (χ3n) is 3.95. The molecule has 0 N–H and O–H groups in total. The predicted molar refractivity (Wildman–Crippen MR) is 89.3 cm³/mol. The van der Waals surface area contributed by atoms with Crippen LogP contribution in [0.2, 0.25) is 0 Å². The molecule has 1 aliphatic heterocycles. The van der Waals surface area contributed by atoms with Crippen molar-refractivity contribution in [2.24, 2.45) is 11.8 Å². The molecular formula is C19H26O5. The Morgan fingerprint density at radius 2 is 1.92 bits per heavy atom. The third-order valence-corrected chi connectivity index (χ3v) is 3.95. The van der Waals surface area contributed by atoms with Crippen LogP contribution in [0.3, 0.4) is 0 Å². The van der Waals surface area contributed by atoms with Crippen LogP contribution in [-0.2, 0) is 30.2 Å². The van der Waals surface area contributed by atoms with Crippen molar-refractivity contribution in [3.05, 3.63) is 35.9 Å². The van der Waals surface area contributed by atoms with Gasteiger partial charge in [-0.25, -0.2) is 0 Å². The van der Waals surface area contributed by atoms with E-state index in [1.807, 2.05) is 44.2 Å². The molecule has 1 unspecified atom stereocenters. The summed E-state index contributed by atoms with van der Waals surface area (Å²) in [6, 6.07) is 9.74. The fraction of sp³-hybridized carbons (Fsp3) is 0.579. The highest BCUT2D eigenvalue weighted by Gasteiger charge is 2.37. The Hall–Kier alpha value is -1.88. The van der Waals surface area contributed by atoms with Gasteiger partial charge < -0.3 is 14.2 Å². The van der Waals surface area contributed by atoms with Crippen LogP contribution in [-0.4, -0.2) is 37.4 Å². The highest BCUT2D eigenvalue weighted by molar-refractivity contribution is 5.75. The molecule has 5 nitrogen and oxygen atoms in total. The van der Waals surface area contributed by atoms with Crippen LogP contribution in [0.1, 0.15) is 32.8 Å². The lowest BCUT2D eigenvalue weighted by Crippen LogP contribution is -2.42. The molecule has 1 aliphatic rings. The molecule has 1 saturated heterocycles. The Bertz CT molecular complexity index is 540. The van der Waals surface area contributed by atoms with Gasteiger partial charge in [0.2, 0.25) is 0 Å². The van der Waals surface area contributed by atoms with E-state index in [2.05, 4.69) is 0 Å². The van der Waals surface area contributed by atoms with Crippen LogP contribution in [0.5, 0.6) is 0 Å². The molecule has 0 bridgehead atoms. The fourth-order valence-electron chi connectivity index (χ4n) is 2.76. The molecule has 2 rings (SSSR count). The zero-order valence-corrected chi connectivity index (χ0v) is 14.6. The fourth-order valence-corrected chi connectivity index (χ4v) is 2.76. The van der Waals surface area contributed by atoms with E-state index in [0.29, 0.717) is 18.9 Å². The number of hydrogen-bond acceptors (Lipinski definition) is 5. The van der Waals surface area contributed by atoms with Crippen LogP contribution in [0.15, 0.2) is 30.3 Å². The van der Waals surface area contributed by atoms with Gasteiger partial charge in [-0.05, 0) is 24.8 Å². The number of hydrogen-bond donors (Lipinski definition) is 0. The summed E-state index contributed by atoms with van der Waals surface area (Å²) >= 11 is 0.